The SMILES string of the molecule is COCOCC1OC1(C)C#CC1=CCC(C(C)(C)C)CC1. The van der Waals surface area contributed by atoms with E-state index in [9.17, 15) is 0 Å². The summed E-state index contributed by atoms with van der Waals surface area (Å²) >= 11 is 0. The second kappa shape index (κ2) is 6.52. The number of hydrogen-bond acceptors (Lipinski definition) is 3. The van der Waals surface area contributed by atoms with Crippen molar-refractivity contribution >= 4 is 0 Å². The molecule has 3 atom stereocenters. The number of hydrogen-bond donors (Lipinski definition) is 0. The van der Waals surface area contributed by atoms with E-state index in [4.69, 9.17) is 14.2 Å². The highest BCUT2D eigenvalue weighted by Crippen LogP contribution is 2.38. The molecule has 3 nitrogen and oxygen atoms in total. The van der Waals surface area contributed by atoms with E-state index in [2.05, 4.69) is 38.7 Å². The molecule has 0 radical (unpaired) electrons. The number of epoxide rings is 1. The first kappa shape index (κ1) is 16.5. The number of allylic oxidation sites excluding steroid dienone is 2. The summed E-state index contributed by atoms with van der Waals surface area (Å²) in [6, 6.07) is 0. The van der Waals surface area contributed by atoms with Crippen LogP contribution in [0.2, 0.25) is 0 Å². The highest BCUT2D eigenvalue weighted by atomic mass is 16.7. The molecule has 0 aromatic carbocycles. The van der Waals surface area contributed by atoms with Gasteiger partial charge in [0, 0.05) is 7.11 Å². The van der Waals surface area contributed by atoms with E-state index in [0.717, 1.165) is 18.8 Å². The molecule has 0 N–H and O–H groups in total. The van der Waals surface area contributed by atoms with Crippen molar-refractivity contribution in [3.05, 3.63) is 11.6 Å². The Kier molecular flexibility index (Phi) is 5.14. The minimum Gasteiger partial charge on any atom is -0.359 e. The lowest BCUT2D eigenvalue weighted by Gasteiger charge is -2.32. The van der Waals surface area contributed by atoms with Gasteiger partial charge in [-0.3, -0.25) is 0 Å². The molecule has 0 aromatic heterocycles. The molecule has 118 valence electrons. The first-order valence-electron chi connectivity index (χ1n) is 7.82. The van der Waals surface area contributed by atoms with Crippen LogP contribution in [0.25, 0.3) is 0 Å². The zero-order chi connectivity index (χ0) is 15.5. The van der Waals surface area contributed by atoms with Crippen molar-refractivity contribution in [2.45, 2.75) is 58.7 Å². The van der Waals surface area contributed by atoms with Gasteiger partial charge in [-0.15, -0.1) is 0 Å². The van der Waals surface area contributed by atoms with Crippen molar-refractivity contribution in [1.29, 1.82) is 0 Å². The minimum atomic E-state index is -0.338. The fourth-order valence-electron chi connectivity index (χ4n) is 2.74. The summed E-state index contributed by atoms with van der Waals surface area (Å²) in [4.78, 5) is 0. The van der Waals surface area contributed by atoms with Gasteiger partial charge < -0.3 is 14.2 Å². The molecular formula is C18H28O3. The van der Waals surface area contributed by atoms with Gasteiger partial charge in [0.15, 0.2) is 5.60 Å². The molecule has 0 aromatic rings. The maximum atomic E-state index is 5.64. The Balaban J connectivity index is 1.83. The molecule has 1 fully saturated rings. The first-order chi connectivity index (χ1) is 9.85. The standard InChI is InChI=1S/C18H28O3/c1-17(2,3)15-8-6-14(7-9-15)10-11-18(4)16(21-18)12-20-13-19-5/h6,15-16H,7-9,12-13H2,1-5H3. The van der Waals surface area contributed by atoms with Crippen LogP contribution in [0.4, 0.5) is 0 Å². The predicted octanol–water partition coefficient (Wildman–Crippen LogP) is 3.54. The Morgan fingerprint density at radius 3 is 2.76 bits per heavy atom. The van der Waals surface area contributed by atoms with E-state index in [1.165, 1.54) is 12.0 Å². The van der Waals surface area contributed by atoms with E-state index >= 15 is 0 Å². The van der Waals surface area contributed by atoms with Crippen LogP contribution >= 0.6 is 0 Å². The third kappa shape index (κ3) is 4.57. The summed E-state index contributed by atoms with van der Waals surface area (Å²) in [5.74, 6) is 7.36. The lowest BCUT2D eigenvalue weighted by Crippen LogP contribution is -2.22. The lowest BCUT2D eigenvalue weighted by atomic mass is 9.73. The molecular weight excluding hydrogens is 264 g/mol. The van der Waals surface area contributed by atoms with Crippen LogP contribution in [-0.2, 0) is 14.2 Å². The maximum Gasteiger partial charge on any atom is 0.155 e. The van der Waals surface area contributed by atoms with Gasteiger partial charge in [0.05, 0.1) is 6.61 Å². The Labute approximate surface area is 129 Å². The van der Waals surface area contributed by atoms with E-state index in [1.54, 1.807) is 7.11 Å². The molecule has 1 aliphatic heterocycles. The van der Waals surface area contributed by atoms with Crippen LogP contribution in [0.5, 0.6) is 0 Å². The molecule has 3 heteroatoms. The summed E-state index contributed by atoms with van der Waals surface area (Å²) in [5.41, 5.74) is 1.32. The van der Waals surface area contributed by atoms with Crippen molar-refractivity contribution in [3.63, 3.8) is 0 Å². The van der Waals surface area contributed by atoms with Crippen LogP contribution in [-0.4, -0.2) is 32.2 Å². The average molecular weight is 292 g/mol. The van der Waals surface area contributed by atoms with Crippen molar-refractivity contribution in [2.24, 2.45) is 11.3 Å². The van der Waals surface area contributed by atoms with Crippen LogP contribution in [0.15, 0.2) is 11.6 Å². The fourth-order valence-corrected chi connectivity index (χ4v) is 2.74. The van der Waals surface area contributed by atoms with Gasteiger partial charge >= 0.3 is 0 Å². The second-order valence-electron chi connectivity index (χ2n) is 7.31. The number of rotatable bonds is 4. The third-order valence-corrected chi connectivity index (χ3v) is 4.52. The van der Waals surface area contributed by atoms with Gasteiger partial charge in [-0.1, -0.05) is 38.7 Å². The molecule has 0 saturated carbocycles. The number of methoxy groups -OCH3 is 1. The fraction of sp³-hybridized carbons (Fsp3) is 0.778. The van der Waals surface area contributed by atoms with Crippen molar-refractivity contribution in [1.82, 2.24) is 0 Å². The van der Waals surface area contributed by atoms with E-state index in [0.29, 0.717) is 18.8 Å². The summed E-state index contributed by atoms with van der Waals surface area (Å²) < 4.78 is 15.8. The van der Waals surface area contributed by atoms with Gasteiger partial charge in [-0.2, -0.15) is 0 Å². The molecule has 2 rings (SSSR count). The zero-order valence-corrected chi connectivity index (χ0v) is 14.0. The third-order valence-electron chi connectivity index (χ3n) is 4.52. The Bertz CT molecular complexity index is 449. The van der Waals surface area contributed by atoms with E-state index in [-0.39, 0.29) is 11.7 Å². The molecule has 1 saturated heterocycles. The molecule has 21 heavy (non-hydrogen) atoms. The van der Waals surface area contributed by atoms with Gasteiger partial charge in [-0.05, 0) is 43.1 Å². The van der Waals surface area contributed by atoms with Gasteiger partial charge in [0.2, 0.25) is 0 Å². The topological polar surface area (TPSA) is 31.0 Å². The minimum absolute atomic E-state index is 0.0756. The van der Waals surface area contributed by atoms with E-state index < -0.39 is 0 Å². The Hall–Kier alpha value is -0.820. The highest BCUT2D eigenvalue weighted by Gasteiger charge is 2.51. The molecule has 0 amide bonds. The lowest BCUT2D eigenvalue weighted by molar-refractivity contribution is -0.0352. The Morgan fingerprint density at radius 1 is 1.43 bits per heavy atom. The van der Waals surface area contributed by atoms with Crippen LogP contribution in [0.3, 0.4) is 0 Å². The summed E-state index contributed by atoms with van der Waals surface area (Å²) in [5, 5.41) is 0. The molecule has 0 spiro atoms. The summed E-state index contributed by atoms with van der Waals surface area (Å²) in [7, 11) is 1.62. The summed E-state index contributed by atoms with van der Waals surface area (Å²) in [6.07, 6.45) is 5.87. The smallest absolute Gasteiger partial charge is 0.155 e. The molecule has 3 unspecified atom stereocenters. The van der Waals surface area contributed by atoms with Gasteiger partial charge in [0.1, 0.15) is 12.9 Å². The van der Waals surface area contributed by atoms with Gasteiger partial charge in [0.25, 0.3) is 0 Å². The number of ether oxygens (including phenoxy) is 3. The molecule has 0 bridgehead atoms. The van der Waals surface area contributed by atoms with Crippen LogP contribution < -0.4 is 0 Å². The normalized spacial score (nSPS) is 32.1. The van der Waals surface area contributed by atoms with Crippen LogP contribution in [0, 0.1) is 23.2 Å². The summed E-state index contributed by atoms with van der Waals surface area (Å²) in [6.45, 7) is 9.86. The van der Waals surface area contributed by atoms with Crippen molar-refractivity contribution in [2.75, 3.05) is 20.5 Å². The highest BCUT2D eigenvalue weighted by molar-refractivity contribution is 5.36. The maximum absolute atomic E-state index is 5.64. The second-order valence-corrected chi connectivity index (χ2v) is 7.31. The average Bonchev–Trinajstić information content (AvgIpc) is 3.08. The van der Waals surface area contributed by atoms with E-state index in [1.807, 2.05) is 6.92 Å². The monoisotopic (exact) mass is 292 g/mol. The Morgan fingerprint density at radius 2 is 2.19 bits per heavy atom. The predicted molar refractivity (Wildman–Crippen MR) is 83.8 cm³/mol. The van der Waals surface area contributed by atoms with Gasteiger partial charge in [-0.25, -0.2) is 0 Å². The van der Waals surface area contributed by atoms with Crippen LogP contribution in [0.1, 0.15) is 47.0 Å². The zero-order valence-electron chi connectivity index (χ0n) is 14.0. The van der Waals surface area contributed by atoms with Crippen molar-refractivity contribution in [3.8, 4) is 11.8 Å². The molecule has 1 aliphatic carbocycles. The quantitative estimate of drug-likeness (QED) is 0.344. The largest absolute Gasteiger partial charge is 0.359 e. The molecule has 2 aliphatic rings. The van der Waals surface area contributed by atoms with Crippen molar-refractivity contribution < 1.29 is 14.2 Å². The molecule has 1 heterocycles. The first-order valence-corrected chi connectivity index (χ1v) is 7.82.